The smallest absolute Gasteiger partial charge is 0.324 e. The largest absolute Gasteiger partial charge is 0.329 e. The van der Waals surface area contributed by atoms with Crippen LogP contribution in [0.4, 0.5) is 4.79 Å². The number of amides is 3. The summed E-state index contributed by atoms with van der Waals surface area (Å²) >= 11 is 3.49. The van der Waals surface area contributed by atoms with Gasteiger partial charge in [0.15, 0.2) is 0 Å². The molecule has 1 saturated heterocycles. The summed E-state index contributed by atoms with van der Waals surface area (Å²) in [5, 5.41) is 2.51. The van der Waals surface area contributed by atoms with E-state index in [1.54, 1.807) is 0 Å². The molecule has 1 N–H and O–H groups in total. The fraction of sp³-hybridized carbons (Fsp3) is 0.333. The summed E-state index contributed by atoms with van der Waals surface area (Å²) in [5.74, 6) is -0.173. The minimum Gasteiger partial charge on any atom is -0.329 e. The average molecular weight is 297 g/mol. The monoisotopic (exact) mass is 296 g/mol. The van der Waals surface area contributed by atoms with Crippen molar-refractivity contribution < 1.29 is 9.59 Å². The van der Waals surface area contributed by atoms with E-state index in [2.05, 4.69) is 21.2 Å². The Hall–Kier alpha value is -1.36. The van der Waals surface area contributed by atoms with Crippen LogP contribution in [-0.4, -0.2) is 23.4 Å². The number of hydrogen-bond acceptors (Lipinski definition) is 2. The Morgan fingerprint density at radius 3 is 2.35 bits per heavy atom. The van der Waals surface area contributed by atoms with Gasteiger partial charge in [0.1, 0.15) is 0 Å². The van der Waals surface area contributed by atoms with E-state index in [4.69, 9.17) is 0 Å². The highest BCUT2D eigenvalue weighted by Gasteiger charge is 2.28. The van der Waals surface area contributed by atoms with Crippen LogP contribution in [-0.2, 0) is 11.3 Å². The minimum atomic E-state index is -0.312. The maximum absolute atomic E-state index is 11.5. The molecule has 0 radical (unpaired) electrons. The Balaban J connectivity index is 2.25. The third kappa shape index (κ3) is 2.34. The Morgan fingerprint density at radius 1 is 1.29 bits per heavy atom. The third-order valence-electron chi connectivity index (χ3n) is 2.77. The predicted molar refractivity (Wildman–Crippen MR) is 67.6 cm³/mol. The summed E-state index contributed by atoms with van der Waals surface area (Å²) in [7, 11) is 0. The molecule has 1 aromatic carbocycles. The second kappa shape index (κ2) is 4.49. The normalized spacial score (nSPS) is 15.4. The minimum absolute atomic E-state index is 0.104. The summed E-state index contributed by atoms with van der Waals surface area (Å²) in [4.78, 5) is 24.1. The van der Waals surface area contributed by atoms with Crippen molar-refractivity contribution in [2.45, 2.75) is 20.4 Å². The number of aryl methyl sites for hydroxylation is 2. The molecule has 4 nitrogen and oxygen atoms in total. The molecule has 17 heavy (non-hydrogen) atoms. The van der Waals surface area contributed by atoms with Crippen molar-refractivity contribution in [1.82, 2.24) is 10.2 Å². The van der Waals surface area contributed by atoms with Crippen LogP contribution in [0.15, 0.2) is 16.6 Å². The Kier molecular flexibility index (Phi) is 3.19. The third-order valence-corrected chi connectivity index (χ3v) is 4.02. The standard InChI is InChI=1S/C12H13BrN2O2/c1-7-3-9(4-8(2)11(7)13)6-15-10(16)5-14-12(15)17/h3-4H,5-6H2,1-2H3,(H,14,17). The summed E-state index contributed by atoms with van der Waals surface area (Å²) < 4.78 is 1.07. The van der Waals surface area contributed by atoms with Gasteiger partial charge in [0.2, 0.25) is 5.91 Å². The van der Waals surface area contributed by atoms with E-state index in [9.17, 15) is 9.59 Å². The zero-order chi connectivity index (χ0) is 12.6. The summed E-state index contributed by atoms with van der Waals surface area (Å²) in [6, 6.07) is 3.65. The Labute approximate surface area is 108 Å². The van der Waals surface area contributed by atoms with Crippen molar-refractivity contribution in [2.75, 3.05) is 6.54 Å². The fourth-order valence-corrected chi connectivity index (χ4v) is 2.15. The van der Waals surface area contributed by atoms with Gasteiger partial charge in [-0.25, -0.2) is 4.79 Å². The molecule has 1 aliphatic rings. The number of halogens is 1. The van der Waals surface area contributed by atoms with E-state index in [1.807, 2.05) is 26.0 Å². The molecule has 90 valence electrons. The molecular formula is C12H13BrN2O2. The predicted octanol–water partition coefficient (Wildman–Crippen LogP) is 2.12. The van der Waals surface area contributed by atoms with Crippen LogP contribution in [0.5, 0.6) is 0 Å². The lowest BCUT2D eigenvalue weighted by Crippen LogP contribution is -2.30. The maximum Gasteiger partial charge on any atom is 0.324 e. The van der Waals surface area contributed by atoms with Crippen LogP contribution in [0.2, 0.25) is 0 Å². The average Bonchev–Trinajstić information content (AvgIpc) is 2.57. The second-order valence-corrected chi connectivity index (χ2v) is 4.98. The quantitative estimate of drug-likeness (QED) is 0.850. The lowest BCUT2D eigenvalue weighted by atomic mass is 10.1. The number of nitrogens with one attached hydrogen (secondary N) is 1. The van der Waals surface area contributed by atoms with E-state index < -0.39 is 0 Å². The van der Waals surface area contributed by atoms with Crippen molar-refractivity contribution in [1.29, 1.82) is 0 Å². The van der Waals surface area contributed by atoms with Crippen LogP contribution in [0.3, 0.4) is 0 Å². The molecular weight excluding hydrogens is 284 g/mol. The molecule has 5 heteroatoms. The number of nitrogens with zero attached hydrogens (tertiary/aromatic N) is 1. The molecule has 1 aliphatic heterocycles. The number of hydrogen-bond donors (Lipinski definition) is 1. The fourth-order valence-electron chi connectivity index (χ4n) is 1.92. The molecule has 0 saturated carbocycles. The summed E-state index contributed by atoms with van der Waals surface area (Å²) in [5.41, 5.74) is 3.17. The van der Waals surface area contributed by atoms with Crippen molar-refractivity contribution in [3.05, 3.63) is 33.3 Å². The number of imide groups is 1. The number of rotatable bonds is 2. The van der Waals surface area contributed by atoms with Crippen LogP contribution in [0, 0.1) is 13.8 Å². The van der Waals surface area contributed by atoms with Gasteiger partial charge in [-0.15, -0.1) is 0 Å². The van der Waals surface area contributed by atoms with Crippen LogP contribution < -0.4 is 5.32 Å². The summed E-state index contributed by atoms with van der Waals surface area (Å²) in [6.07, 6.45) is 0. The highest BCUT2D eigenvalue weighted by atomic mass is 79.9. The maximum atomic E-state index is 11.5. The van der Waals surface area contributed by atoms with Gasteiger partial charge in [-0.2, -0.15) is 0 Å². The van der Waals surface area contributed by atoms with Gasteiger partial charge in [0.25, 0.3) is 0 Å². The van der Waals surface area contributed by atoms with Gasteiger partial charge in [-0.05, 0) is 30.5 Å². The topological polar surface area (TPSA) is 49.4 Å². The number of urea groups is 1. The lowest BCUT2D eigenvalue weighted by Gasteiger charge is -2.14. The first-order valence-electron chi connectivity index (χ1n) is 5.33. The molecule has 1 aromatic rings. The summed E-state index contributed by atoms with van der Waals surface area (Å²) in [6.45, 7) is 4.42. The number of benzene rings is 1. The van der Waals surface area contributed by atoms with Crippen molar-refractivity contribution in [3.8, 4) is 0 Å². The van der Waals surface area contributed by atoms with Crippen molar-refractivity contribution in [3.63, 3.8) is 0 Å². The SMILES string of the molecule is Cc1cc(CN2C(=O)CNC2=O)cc(C)c1Br. The Bertz CT molecular complexity index is 460. The first-order valence-corrected chi connectivity index (χ1v) is 6.12. The number of carbonyl (C=O) groups excluding carboxylic acids is 2. The molecule has 0 aliphatic carbocycles. The molecule has 2 rings (SSSR count). The van der Waals surface area contributed by atoms with Crippen LogP contribution in [0.1, 0.15) is 16.7 Å². The molecule has 0 atom stereocenters. The zero-order valence-corrected chi connectivity index (χ0v) is 11.3. The molecule has 1 heterocycles. The van der Waals surface area contributed by atoms with E-state index in [0.717, 1.165) is 21.2 Å². The lowest BCUT2D eigenvalue weighted by molar-refractivity contribution is -0.125. The van der Waals surface area contributed by atoms with Gasteiger partial charge in [-0.3, -0.25) is 9.69 Å². The molecule has 0 unspecified atom stereocenters. The van der Waals surface area contributed by atoms with Gasteiger partial charge >= 0.3 is 6.03 Å². The van der Waals surface area contributed by atoms with Gasteiger partial charge < -0.3 is 5.32 Å². The molecule has 1 fully saturated rings. The molecule has 3 amide bonds. The molecule has 0 spiro atoms. The van der Waals surface area contributed by atoms with Gasteiger partial charge in [-0.1, -0.05) is 28.1 Å². The van der Waals surface area contributed by atoms with Crippen molar-refractivity contribution in [2.24, 2.45) is 0 Å². The second-order valence-electron chi connectivity index (χ2n) is 4.18. The van der Waals surface area contributed by atoms with Gasteiger partial charge in [0.05, 0.1) is 13.1 Å². The van der Waals surface area contributed by atoms with Crippen LogP contribution in [0.25, 0.3) is 0 Å². The van der Waals surface area contributed by atoms with Crippen molar-refractivity contribution >= 4 is 27.9 Å². The highest BCUT2D eigenvalue weighted by Crippen LogP contribution is 2.23. The Morgan fingerprint density at radius 2 is 1.88 bits per heavy atom. The highest BCUT2D eigenvalue weighted by molar-refractivity contribution is 9.10. The van der Waals surface area contributed by atoms with E-state index >= 15 is 0 Å². The van der Waals surface area contributed by atoms with Gasteiger partial charge in [0, 0.05) is 4.47 Å². The van der Waals surface area contributed by atoms with Crippen LogP contribution >= 0.6 is 15.9 Å². The zero-order valence-electron chi connectivity index (χ0n) is 9.71. The first-order chi connectivity index (χ1) is 7.99. The molecule has 0 aromatic heterocycles. The number of carbonyl (C=O) groups is 2. The first kappa shape index (κ1) is 12.1. The molecule has 0 bridgehead atoms. The van der Waals surface area contributed by atoms with E-state index in [0.29, 0.717) is 6.54 Å². The van der Waals surface area contributed by atoms with E-state index in [1.165, 1.54) is 4.90 Å². The van der Waals surface area contributed by atoms with E-state index in [-0.39, 0.29) is 18.5 Å².